The molecule has 0 aliphatic carbocycles. The summed E-state index contributed by atoms with van der Waals surface area (Å²) in [7, 11) is -14.1. The number of carbonyl (C=O) groups excluding carboxylic acids is 2. The molecule has 9 aromatic carbocycles. The monoisotopic (exact) mass is 1020 g/mol. The predicted molar refractivity (Wildman–Crippen MR) is 304 cm³/mol. The van der Waals surface area contributed by atoms with Crippen molar-refractivity contribution in [2.45, 2.75) is 37.5 Å². The summed E-state index contributed by atoms with van der Waals surface area (Å²) in [5, 5.41) is 3.04. The predicted octanol–water partition coefficient (Wildman–Crippen LogP) is 12.3. The zero-order valence-electron chi connectivity index (χ0n) is 40.4. The average molecular weight is 1020 g/mol. The number of rotatable bonds is 16. The van der Waals surface area contributed by atoms with Crippen molar-refractivity contribution in [3.8, 4) is 0 Å². The Kier molecular flexibility index (Phi) is 18.5. The van der Waals surface area contributed by atoms with E-state index in [4.69, 9.17) is 0 Å². The Labute approximate surface area is 424 Å². The van der Waals surface area contributed by atoms with E-state index in [9.17, 15) is 9.59 Å². The highest BCUT2D eigenvalue weighted by Crippen LogP contribution is 2.68. The molecule has 10 heteroatoms. The summed E-state index contributed by atoms with van der Waals surface area (Å²) in [4.78, 5) is 25.3. The summed E-state index contributed by atoms with van der Waals surface area (Å²) in [6.45, 7) is 2.96. The Hall–Kier alpha value is -6.76. The SMILES string of the molecule is CC(=O)CC(P(=O)(c1ccccc1)c1ccccc1)P(=O)(c1ccccc1)c1ccccc1.CC(=O)CC(P(=O)(c1ccccc1)c1ccccc1)P(=O)(c1ccccc1)c1ccccc1.c1ccccc1. The molecular formula is C62H58O6P4. The van der Waals surface area contributed by atoms with E-state index in [0.717, 1.165) is 0 Å². The van der Waals surface area contributed by atoms with Gasteiger partial charge in [0.1, 0.15) is 11.6 Å². The van der Waals surface area contributed by atoms with Crippen LogP contribution in [0.3, 0.4) is 0 Å². The molecule has 0 spiro atoms. The van der Waals surface area contributed by atoms with Crippen molar-refractivity contribution in [1.82, 2.24) is 0 Å². The van der Waals surface area contributed by atoms with Crippen LogP contribution in [0.5, 0.6) is 0 Å². The largest absolute Gasteiger partial charge is 0.313 e. The number of ketones is 2. The maximum absolute atomic E-state index is 15.3. The molecule has 9 aromatic rings. The van der Waals surface area contributed by atoms with Crippen LogP contribution in [0, 0.1) is 0 Å². The average Bonchev–Trinajstić information content (AvgIpc) is 3.45. The summed E-state index contributed by atoms with van der Waals surface area (Å²) in [6, 6.07) is 85.5. The summed E-state index contributed by atoms with van der Waals surface area (Å²) < 4.78 is 61.3. The van der Waals surface area contributed by atoms with Gasteiger partial charge in [-0.3, -0.25) is 9.59 Å². The van der Waals surface area contributed by atoms with Gasteiger partial charge in [-0.25, -0.2) is 0 Å². The quantitative estimate of drug-likeness (QED) is 0.0894. The van der Waals surface area contributed by atoms with Gasteiger partial charge in [-0.05, 0) is 13.8 Å². The highest BCUT2D eigenvalue weighted by molar-refractivity contribution is 7.96. The first-order chi connectivity index (χ1) is 34.9. The highest BCUT2D eigenvalue weighted by Gasteiger charge is 2.51. The summed E-state index contributed by atoms with van der Waals surface area (Å²) in [5.41, 5.74) is 0. The Balaban J connectivity index is 0.000000189. The first-order valence-corrected chi connectivity index (χ1v) is 30.9. The molecule has 0 aliphatic rings. The molecule has 0 amide bonds. The van der Waals surface area contributed by atoms with Crippen molar-refractivity contribution in [1.29, 1.82) is 0 Å². The third-order valence-electron chi connectivity index (χ3n) is 12.4. The van der Waals surface area contributed by atoms with Gasteiger partial charge in [0.2, 0.25) is 0 Å². The van der Waals surface area contributed by atoms with Crippen molar-refractivity contribution in [3.05, 3.63) is 279 Å². The fourth-order valence-corrected chi connectivity index (χ4v) is 26.8. The molecule has 0 radical (unpaired) electrons. The Morgan fingerprint density at radius 1 is 0.250 bits per heavy atom. The zero-order chi connectivity index (χ0) is 50.9. The minimum Gasteiger partial charge on any atom is -0.313 e. The molecule has 0 atom stereocenters. The van der Waals surface area contributed by atoms with Crippen LogP contribution in [-0.2, 0) is 27.8 Å². The topological polar surface area (TPSA) is 102 Å². The fourth-order valence-electron chi connectivity index (χ4n) is 9.04. The van der Waals surface area contributed by atoms with Crippen molar-refractivity contribution in [2.75, 3.05) is 0 Å². The first kappa shape index (κ1) is 53.0. The molecule has 6 nitrogen and oxygen atoms in total. The van der Waals surface area contributed by atoms with Crippen LogP contribution in [0.15, 0.2) is 279 Å². The van der Waals surface area contributed by atoms with E-state index in [2.05, 4.69) is 0 Å². The molecule has 0 heterocycles. The minimum atomic E-state index is -3.52. The molecule has 0 N–H and O–H groups in total. The molecule has 0 fully saturated rings. The van der Waals surface area contributed by atoms with Gasteiger partial charge in [0.25, 0.3) is 0 Å². The number of benzene rings is 9. The van der Waals surface area contributed by atoms with Gasteiger partial charge < -0.3 is 18.3 Å². The highest BCUT2D eigenvalue weighted by atomic mass is 31.2. The van der Waals surface area contributed by atoms with E-state index in [1.54, 1.807) is 0 Å². The van der Waals surface area contributed by atoms with E-state index < -0.39 is 39.4 Å². The van der Waals surface area contributed by atoms with E-state index in [1.165, 1.54) is 13.8 Å². The molecule has 0 unspecified atom stereocenters. The van der Waals surface area contributed by atoms with E-state index in [0.29, 0.717) is 42.4 Å². The molecular weight excluding hydrogens is 965 g/mol. The van der Waals surface area contributed by atoms with Crippen LogP contribution in [0.1, 0.15) is 26.7 Å². The van der Waals surface area contributed by atoms with Crippen LogP contribution in [0.25, 0.3) is 0 Å². The molecule has 0 saturated carbocycles. The maximum atomic E-state index is 15.3. The molecule has 0 aromatic heterocycles. The summed E-state index contributed by atoms with van der Waals surface area (Å²) in [6.07, 6.45) is -0.107. The lowest BCUT2D eigenvalue weighted by Crippen LogP contribution is -2.34. The lowest BCUT2D eigenvalue weighted by Gasteiger charge is -2.35. The van der Waals surface area contributed by atoms with Crippen LogP contribution >= 0.6 is 28.6 Å². The van der Waals surface area contributed by atoms with E-state index >= 15 is 18.3 Å². The molecule has 9 rings (SSSR count). The van der Waals surface area contributed by atoms with Gasteiger partial charge in [0.05, 0.1) is 10.8 Å². The van der Waals surface area contributed by atoms with Gasteiger partial charge >= 0.3 is 0 Å². The third-order valence-corrected chi connectivity index (χ3v) is 28.9. The summed E-state index contributed by atoms with van der Waals surface area (Å²) >= 11 is 0. The third kappa shape index (κ3) is 11.9. The molecule has 0 aliphatic heterocycles. The van der Waals surface area contributed by atoms with Crippen molar-refractivity contribution in [3.63, 3.8) is 0 Å². The fraction of sp³-hybridized carbons (Fsp3) is 0.0968. The van der Waals surface area contributed by atoms with Crippen molar-refractivity contribution in [2.24, 2.45) is 0 Å². The number of carbonyl (C=O) groups is 2. The summed E-state index contributed by atoms with van der Waals surface area (Å²) in [5.74, 6) is -0.279. The van der Waals surface area contributed by atoms with Gasteiger partial charge in [-0.2, -0.15) is 0 Å². The van der Waals surface area contributed by atoms with Crippen LogP contribution in [0.2, 0.25) is 0 Å². The normalized spacial score (nSPS) is 11.6. The van der Waals surface area contributed by atoms with E-state index in [1.807, 2.05) is 279 Å². The van der Waals surface area contributed by atoms with Gasteiger partial charge in [-0.1, -0.05) is 279 Å². The van der Waals surface area contributed by atoms with Crippen LogP contribution in [0.4, 0.5) is 0 Å². The van der Waals surface area contributed by atoms with E-state index in [-0.39, 0.29) is 24.4 Å². The minimum absolute atomic E-state index is 0.0534. The second-order valence-corrected chi connectivity index (χ2v) is 29.9. The standard InChI is InChI=1S/2C28H26O3P2.C6H6/c2*1-23(29)22-28(32(30,24-14-6-2-7-15-24)25-16-8-3-9-17-25)33(31,26-18-10-4-11-19-26)27-20-12-5-13-21-27;1-2-4-6-5-3-1/h2*2-21,28H,22H2,1H3;1-6H. The van der Waals surface area contributed by atoms with Crippen molar-refractivity contribution >= 4 is 82.6 Å². The van der Waals surface area contributed by atoms with Gasteiger partial charge in [-0.15, -0.1) is 0 Å². The Bertz CT molecular complexity index is 2690. The van der Waals surface area contributed by atoms with Crippen molar-refractivity contribution < 1.29 is 27.8 Å². The number of Topliss-reactive ketones (excluding diaryl/α,β-unsaturated/α-hetero) is 2. The second kappa shape index (κ2) is 25.1. The molecule has 72 heavy (non-hydrogen) atoms. The Morgan fingerprint density at radius 2 is 0.361 bits per heavy atom. The maximum Gasteiger partial charge on any atom is 0.154 e. The lowest BCUT2D eigenvalue weighted by atomic mass is 10.3. The molecule has 0 bridgehead atoms. The van der Waals surface area contributed by atoms with Gasteiger partial charge in [0.15, 0.2) is 28.6 Å². The zero-order valence-corrected chi connectivity index (χ0v) is 43.9. The number of hydrogen-bond donors (Lipinski definition) is 0. The van der Waals surface area contributed by atoms with Crippen LogP contribution in [-0.4, -0.2) is 22.4 Å². The van der Waals surface area contributed by atoms with Crippen LogP contribution < -0.4 is 42.4 Å². The smallest absolute Gasteiger partial charge is 0.154 e. The first-order valence-electron chi connectivity index (χ1n) is 23.8. The lowest BCUT2D eigenvalue weighted by molar-refractivity contribution is -0.117. The number of hydrogen-bond acceptors (Lipinski definition) is 6. The Morgan fingerprint density at radius 3 is 0.472 bits per heavy atom. The molecule has 362 valence electrons. The second-order valence-electron chi connectivity index (χ2n) is 17.2. The van der Waals surface area contributed by atoms with Gasteiger partial charge in [0, 0.05) is 55.3 Å². The molecule has 0 saturated heterocycles.